The van der Waals surface area contributed by atoms with Crippen molar-refractivity contribution in [2.24, 2.45) is 0 Å². The van der Waals surface area contributed by atoms with Gasteiger partial charge in [0.2, 0.25) is 0 Å². The zero-order valence-electron chi connectivity index (χ0n) is 32.4. The Hall–Kier alpha value is -6.96. The highest BCUT2D eigenvalue weighted by molar-refractivity contribution is 7.98. The first kappa shape index (κ1) is 36.4. The molecule has 0 N–H and O–H groups in total. The molecule has 278 valence electrons. The molecule has 1 nitrogen and oxygen atoms in total. The summed E-state index contributed by atoms with van der Waals surface area (Å²) in [7, 11) is 0. The average Bonchev–Trinajstić information content (AvgIpc) is 3.70. The average molecular weight is 788 g/mol. The van der Waals surface area contributed by atoms with E-state index in [1.54, 1.807) is 11.8 Å². The fourth-order valence-electron chi connectivity index (χ4n) is 8.32. The monoisotopic (exact) mass is 787 g/mol. The molecule has 0 unspecified atom stereocenters. The summed E-state index contributed by atoms with van der Waals surface area (Å²) < 4.78 is 2.52. The summed E-state index contributed by atoms with van der Waals surface area (Å²) in [5, 5.41) is 12.7. The number of hydrogen-bond donors (Lipinski definition) is 0. The molecule has 0 aliphatic heterocycles. The molecule has 0 radical (unpaired) electrons. The van der Waals surface area contributed by atoms with Gasteiger partial charge < -0.3 is 0 Å². The van der Waals surface area contributed by atoms with Gasteiger partial charge in [0.05, 0.1) is 11.6 Å². The molecule has 3 heteroatoms. The highest BCUT2D eigenvalue weighted by Crippen LogP contribution is 2.42. The zero-order chi connectivity index (χ0) is 39.7. The van der Waals surface area contributed by atoms with Crippen molar-refractivity contribution < 1.29 is 0 Å². The predicted octanol–water partition coefficient (Wildman–Crippen LogP) is 16.3. The van der Waals surface area contributed by atoms with E-state index in [9.17, 15) is 5.26 Å². The molecular formula is C56H37NS2. The summed E-state index contributed by atoms with van der Waals surface area (Å²) in [5.41, 5.74) is 16.9. The Labute approximate surface area is 353 Å². The van der Waals surface area contributed by atoms with Crippen molar-refractivity contribution in [2.75, 3.05) is 6.26 Å². The summed E-state index contributed by atoms with van der Waals surface area (Å²) >= 11 is 3.62. The lowest BCUT2D eigenvalue weighted by atomic mass is 9.92. The second kappa shape index (κ2) is 15.8. The number of rotatable bonds is 8. The molecule has 0 aliphatic rings. The van der Waals surface area contributed by atoms with Gasteiger partial charge in [-0.15, -0.1) is 23.1 Å². The Morgan fingerprint density at radius 1 is 0.373 bits per heavy atom. The number of nitrogens with zero attached hydrogens (tertiary/aromatic N) is 1. The van der Waals surface area contributed by atoms with Crippen LogP contribution >= 0.6 is 23.1 Å². The van der Waals surface area contributed by atoms with E-state index in [4.69, 9.17) is 0 Å². The summed E-state index contributed by atoms with van der Waals surface area (Å²) in [5.74, 6) is 0. The van der Waals surface area contributed by atoms with Crippen LogP contribution in [0.2, 0.25) is 0 Å². The molecule has 0 saturated heterocycles. The Bertz CT molecular complexity index is 3220. The third-order valence-corrected chi connectivity index (χ3v) is 13.2. The lowest BCUT2D eigenvalue weighted by Crippen LogP contribution is -1.89. The molecule has 10 aromatic rings. The van der Waals surface area contributed by atoms with Crippen LogP contribution in [-0.2, 0) is 0 Å². The van der Waals surface area contributed by atoms with Crippen LogP contribution in [0, 0.1) is 11.3 Å². The van der Waals surface area contributed by atoms with Crippen LogP contribution in [0.4, 0.5) is 0 Å². The minimum absolute atomic E-state index is 0.652. The second-order valence-electron chi connectivity index (χ2n) is 14.8. The number of fused-ring (bicyclic) bond motifs is 3. The van der Waals surface area contributed by atoms with Crippen molar-refractivity contribution >= 4 is 43.3 Å². The Balaban J connectivity index is 0.970. The van der Waals surface area contributed by atoms with E-state index in [1.165, 1.54) is 64.0 Å². The second-order valence-corrected chi connectivity index (χ2v) is 16.6. The maximum Gasteiger partial charge on any atom is 0.0992 e. The van der Waals surface area contributed by atoms with Crippen molar-refractivity contribution in [1.82, 2.24) is 0 Å². The van der Waals surface area contributed by atoms with E-state index in [0.717, 1.165) is 38.9 Å². The van der Waals surface area contributed by atoms with Crippen LogP contribution < -0.4 is 0 Å². The third-order valence-electron chi connectivity index (χ3n) is 11.2. The summed E-state index contributed by atoms with van der Waals surface area (Å²) in [6, 6.07) is 76.3. The van der Waals surface area contributed by atoms with Crippen LogP contribution in [0.1, 0.15) is 5.56 Å². The van der Waals surface area contributed by atoms with Crippen molar-refractivity contribution in [1.29, 1.82) is 5.26 Å². The molecule has 0 fully saturated rings. The van der Waals surface area contributed by atoms with Crippen LogP contribution in [-0.4, -0.2) is 6.26 Å². The first-order valence-corrected chi connectivity index (χ1v) is 21.8. The minimum Gasteiger partial charge on any atom is -0.192 e. The molecule has 1 heterocycles. The fraction of sp³-hybridized carbons (Fsp3) is 0.0179. The summed E-state index contributed by atoms with van der Waals surface area (Å²) in [6.07, 6.45) is 2.17. The molecule has 0 atom stereocenters. The van der Waals surface area contributed by atoms with Crippen molar-refractivity contribution in [3.8, 4) is 84.0 Å². The van der Waals surface area contributed by atoms with Gasteiger partial charge in [-0.3, -0.25) is 0 Å². The van der Waals surface area contributed by atoms with Gasteiger partial charge in [-0.2, -0.15) is 5.26 Å². The van der Waals surface area contributed by atoms with Gasteiger partial charge in [0.15, 0.2) is 0 Å². The van der Waals surface area contributed by atoms with Gasteiger partial charge in [-0.05, 0) is 133 Å². The fourth-order valence-corrected chi connectivity index (χ4v) is 10.4. The molecular weight excluding hydrogens is 751 g/mol. The van der Waals surface area contributed by atoms with E-state index < -0.39 is 0 Å². The topological polar surface area (TPSA) is 23.8 Å². The molecule has 0 spiro atoms. The first-order valence-electron chi connectivity index (χ1n) is 19.7. The maximum absolute atomic E-state index is 10.2. The molecule has 9 aromatic carbocycles. The van der Waals surface area contributed by atoms with Crippen LogP contribution in [0.25, 0.3) is 98.1 Å². The van der Waals surface area contributed by atoms with Gasteiger partial charge >= 0.3 is 0 Å². The molecule has 0 bridgehead atoms. The number of thiophene rings is 1. The molecule has 1 aromatic heterocycles. The largest absolute Gasteiger partial charge is 0.192 e. The zero-order valence-corrected chi connectivity index (χ0v) is 34.0. The normalized spacial score (nSPS) is 11.2. The summed E-state index contributed by atoms with van der Waals surface area (Å²) in [4.78, 5) is 1.29. The number of thioether (sulfide) groups is 1. The highest BCUT2D eigenvalue weighted by atomic mass is 32.2. The smallest absolute Gasteiger partial charge is 0.0992 e. The van der Waals surface area contributed by atoms with Gasteiger partial charge in [0.1, 0.15) is 0 Å². The van der Waals surface area contributed by atoms with Crippen LogP contribution in [0.5, 0.6) is 0 Å². The van der Waals surface area contributed by atoms with E-state index in [-0.39, 0.29) is 0 Å². The standard InChI is InChI=1S/C56H37NS2/c1-58-55-49(38-13-3-2-4-14-38)24-11-25-50(55)46-22-10-20-44(34-46)42-18-8-16-40(32-42)39-15-7-17-41(31-39)43-19-9-21-45(33-43)47-29-37(36-57)30-48(35-47)51-26-12-27-53-52-23-5-6-28-54(52)59-56(51)53/h2-35H,1H3. The van der Waals surface area contributed by atoms with E-state index in [1.807, 2.05) is 23.5 Å². The van der Waals surface area contributed by atoms with E-state index >= 15 is 0 Å². The van der Waals surface area contributed by atoms with E-state index in [2.05, 4.69) is 206 Å². The quantitative estimate of drug-likeness (QED) is 0.143. The number of hydrogen-bond acceptors (Lipinski definition) is 3. The Kier molecular flexibility index (Phi) is 9.72. The van der Waals surface area contributed by atoms with Crippen LogP contribution in [0.15, 0.2) is 211 Å². The van der Waals surface area contributed by atoms with Gasteiger partial charge in [0, 0.05) is 25.1 Å². The van der Waals surface area contributed by atoms with E-state index in [0.29, 0.717) is 5.56 Å². The molecule has 0 aliphatic carbocycles. The molecule has 10 rings (SSSR count). The van der Waals surface area contributed by atoms with Gasteiger partial charge in [-0.25, -0.2) is 0 Å². The maximum atomic E-state index is 10.2. The molecule has 59 heavy (non-hydrogen) atoms. The van der Waals surface area contributed by atoms with Crippen molar-refractivity contribution in [3.63, 3.8) is 0 Å². The first-order chi connectivity index (χ1) is 29.1. The van der Waals surface area contributed by atoms with Gasteiger partial charge in [0.25, 0.3) is 0 Å². The number of nitriles is 1. The van der Waals surface area contributed by atoms with Crippen LogP contribution in [0.3, 0.4) is 0 Å². The SMILES string of the molecule is CSc1c(-c2ccccc2)cccc1-c1cccc(-c2cccc(-c3cccc(-c4cccc(-c5cc(C#N)cc(-c6cccc7c6sc6ccccc67)c5)c4)c3)c2)c1. The lowest BCUT2D eigenvalue weighted by molar-refractivity contribution is 1.43. The third kappa shape index (κ3) is 7.04. The van der Waals surface area contributed by atoms with Crippen molar-refractivity contribution in [2.45, 2.75) is 4.90 Å². The number of benzene rings is 9. The van der Waals surface area contributed by atoms with Crippen molar-refractivity contribution in [3.05, 3.63) is 212 Å². The molecule has 0 amide bonds. The van der Waals surface area contributed by atoms with Gasteiger partial charge in [-0.1, -0.05) is 158 Å². The lowest BCUT2D eigenvalue weighted by Gasteiger charge is -2.15. The Morgan fingerprint density at radius 3 is 1.41 bits per heavy atom. The predicted molar refractivity (Wildman–Crippen MR) is 254 cm³/mol. The highest BCUT2D eigenvalue weighted by Gasteiger charge is 2.15. The minimum atomic E-state index is 0.652. The Morgan fingerprint density at radius 2 is 0.797 bits per heavy atom. The molecule has 0 saturated carbocycles. The summed E-state index contributed by atoms with van der Waals surface area (Å²) in [6.45, 7) is 0.